The van der Waals surface area contributed by atoms with Crippen molar-refractivity contribution in [2.24, 2.45) is 5.10 Å². The van der Waals surface area contributed by atoms with Crippen LogP contribution in [0.15, 0.2) is 51.1 Å². The molecule has 1 N–H and O–H groups in total. The number of rotatable bonds is 3. The van der Waals surface area contributed by atoms with Crippen LogP contribution in [0.5, 0.6) is 0 Å². The van der Waals surface area contributed by atoms with Crippen LogP contribution in [0.25, 0.3) is 10.9 Å². The Kier molecular flexibility index (Phi) is 4.35. The number of hydrogen-bond donors (Lipinski definition) is 1. The third kappa shape index (κ3) is 3.16. The topological polar surface area (TPSA) is 70.5 Å². The number of nitrogens with one attached hydrogen (secondary N) is 1. The summed E-state index contributed by atoms with van der Waals surface area (Å²) in [6.45, 7) is 3.56. The second kappa shape index (κ2) is 6.83. The molecule has 0 bridgehead atoms. The summed E-state index contributed by atoms with van der Waals surface area (Å²) in [6, 6.07) is 9.91. The van der Waals surface area contributed by atoms with Crippen LogP contribution < -0.4 is 16.1 Å². The number of aromatic nitrogens is 2. The first-order chi connectivity index (χ1) is 13.0. The highest BCUT2D eigenvalue weighted by atomic mass is 19.1. The van der Waals surface area contributed by atoms with Crippen molar-refractivity contribution in [3.8, 4) is 0 Å². The van der Waals surface area contributed by atoms with Gasteiger partial charge in [-0.15, -0.1) is 4.68 Å². The van der Waals surface area contributed by atoms with Crippen LogP contribution in [-0.2, 0) is 0 Å². The molecule has 1 aliphatic rings. The Morgan fingerprint density at radius 3 is 2.67 bits per heavy atom. The van der Waals surface area contributed by atoms with Gasteiger partial charge in [-0.2, -0.15) is 5.10 Å². The summed E-state index contributed by atoms with van der Waals surface area (Å²) in [6.07, 6.45) is 3.47. The molecule has 1 aliphatic heterocycles. The summed E-state index contributed by atoms with van der Waals surface area (Å²) < 4.78 is 15.3. The Labute approximate surface area is 154 Å². The molecule has 0 amide bonds. The number of aromatic amines is 1. The maximum absolute atomic E-state index is 14.5. The van der Waals surface area contributed by atoms with Crippen LogP contribution in [-0.4, -0.2) is 29.0 Å². The number of anilines is 1. The van der Waals surface area contributed by atoms with E-state index in [2.05, 4.69) is 10.1 Å². The number of H-pyrrole nitrogens is 1. The molecule has 3 aromatic rings. The third-order valence-electron chi connectivity index (χ3n) is 4.88. The summed E-state index contributed by atoms with van der Waals surface area (Å²) in [5.74, 6) is -0.330. The van der Waals surface area contributed by atoms with E-state index in [9.17, 15) is 14.0 Å². The van der Waals surface area contributed by atoms with E-state index < -0.39 is 11.2 Å². The molecule has 0 radical (unpaired) electrons. The maximum atomic E-state index is 14.5. The Morgan fingerprint density at radius 1 is 1.15 bits per heavy atom. The molecule has 0 atom stereocenters. The SMILES string of the molecule is Cc1cc(N2CCCC2)c(F)cc1C=Nn1c(=O)[nH]c2ccccc2c1=O. The Balaban J connectivity index is 1.73. The molecule has 27 heavy (non-hydrogen) atoms. The molecule has 1 saturated heterocycles. The average Bonchev–Trinajstić information content (AvgIpc) is 3.18. The lowest BCUT2D eigenvalue weighted by Crippen LogP contribution is -2.32. The van der Waals surface area contributed by atoms with Gasteiger partial charge in [-0.3, -0.25) is 4.79 Å². The Morgan fingerprint density at radius 2 is 1.89 bits per heavy atom. The Hall–Kier alpha value is -3.22. The molecule has 0 aliphatic carbocycles. The number of fused-ring (bicyclic) bond motifs is 1. The van der Waals surface area contributed by atoms with E-state index in [0.29, 0.717) is 22.2 Å². The minimum Gasteiger partial charge on any atom is -0.369 e. The lowest BCUT2D eigenvalue weighted by molar-refractivity contribution is 0.622. The summed E-state index contributed by atoms with van der Waals surface area (Å²) in [4.78, 5) is 29.3. The van der Waals surface area contributed by atoms with Crippen LogP contribution in [0.2, 0.25) is 0 Å². The largest absolute Gasteiger partial charge is 0.369 e. The number of hydrogen-bond acceptors (Lipinski definition) is 4. The standard InChI is InChI=1S/C20H19FN4O2/c1-13-10-18(24-8-4-5-9-24)16(21)11-14(13)12-22-25-19(26)15-6-2-3-7-17(15)23-20(25)27/h2-3,6-7,10-12H,4-5,8-9H2,1H3,(H,23,27). The number of halogens is 1. The predicted octanol–water partition coefficient (Wildman–Crippen LogP) is 2.62. The third-order valence-corrected chi connectivity index (χ3v) is 4.88. The number of aryl methyl sites for hydroxylation is 1. The average molecular weight is 366 g/mol. The molecule has 6 nitrogen and oxygen atoms in total. The van der Waals surface area contributed by atoms with Gasteiger partial charge >= 0.3 is 5.69 Å². The second-order valence-corrected chi connectivity index (χ2v) is 6.69. The van der Waals surface area contributed by atoms with Crippen LogP contribution in [0.4, 0.5) is 10.1 Å². The molecule has 2 aromatic carbocycles. The van der Waals surface area contributed by atoms with Gasteiger partial charge < -0.3 is 9.88 Å². The van der Waals surface area contributed by atoms with Gasteiger partial charge in [0.05, 0.1) is 22.8 Å². The molecule has 0 spiro atoms. The van der Waals surface area contributed by atoms with Crippen molar-refractivity contribution < 1.29 is 4.39 Å². The number of benzene rings is 2. The molecule has 7 heteroatoms. The highest BCUT2D eigenvalue weighted by Gasteiger charge is 2.17. The molecule has 0 unspecified atom stereocenters. The van der Waals surface area contributed by atoms with E-state index in [1.54, 1.807) is 30.3 Å². The van der Waals surface area contributed by atoms with Crippen LogP contribution >= 0.6 is 0 Å². The fourth-order valence-corrected chi connectivity index (χ4v) is 3.40. The van der Waals surface area contributed by atoms with Crippen LogP contribution in [0.3, 0.4) is 0 Å². The van der Waals surface area contributed by atoms with Gasteiger partial charge in [0.15, 0.2) is 0 Å². The molecular weight excluding hydrogens is 347 g/mol. The van der Waals surface area contributed by atoms with Crippen molar-refractivity contribution in [3.63, 3.8) is 0 Å². The molecule has 4 rings (SSSR count). The smallest absolute Gasteiger partial charge is 0.349 e. The fraction of sp³-hybridized carbons (Fsp3) is 0.250. The van der Waals surface area contributed by atoms with Gasteiger partial charge in [-0.25, -0.2) is 9.18 Å². The van der Waals surface area contributed by atoms with Gasteiger partial charge in [-0.05, 0) is 49.6 Å². The zero-order valence-electron chi connectivity index (χ0n) is 14.9. The first-order valence-electron chi connectivity index (χ1n) is 8.88. The molecule has 1 fully saturated rings. The van der Waals surface area contributed by atoms with Gasteiger partial charge in [0.25, 0.3) is 5.56 Å². The monoisotopic (exact) mass is 366 g/mol. The first kappa shape index (κ1) is 17.2. The van der Waals surface area contributed by atoms with E-state index in [0.717, 1.165) is 36.2 Å². The summed E-state index contributed by atoms with van der Waals surface area (Å²) >= 11 is 0. The van der Waals surface area contributed by atoms with Gasteiger partial charge in [0, 0.05) is 18.7 Å². The highest BCUT2D eigenvalue weighted by molar-refractivity contribution is 5.83. The van der Waals surface area contributed by atoms with Crippen LogP contribution in [0.1, 0.15) is 24.0 Å². The van der Waals surface area contributed by atoms with Crippen molar-refractivity contribution >= 4 is 22.8 Å². The van der Waals surface area contributed by atoms with Crippen molar-refractivity contribution in [2.45, 2.75) is 19.8 Å². The minimum absolute atomic E-state index is 0.330. The zero-order chi connectivity index (χ0) is 19.0. The summed E-state index contributed by atoms with van der Waals surface area (Å²) in [7, 11) is 0. The second-order valence-electron chi connectivity index (χ2n) is 6.69. The van der Waals surface area contributed by atoms with Crippen molar-refractivity contribution in [3.05, 3.63) is 74.2 Å². The molecule has 138 valence electrons. The predicted molar refractivity (Wildman–Crippen MR) is 104 cm³/mol. The van der Waals surface area contributed by atoms with Crippen molar-refractivity contribution in [1.82, 2.24) is 9.66 Å². The number of para-hydroxylation sites is 1. The van der Waals surface area contributed by atoms with Crippen molar-refractivity contribution in [2.75, 3.05) is 18.0 Å². The maximum Gasteiger partial charge on any atom is 0.349 e. The van der Waals surface area contributed by atoms with E-state index in [-0.39, 0.29) is 5.82 Å². The van der Waals surface area contributed by atoms with Gasteiger partial charge in [0.2, 0.25) is 0 Å². The molecule has 2 heterocycles. The quantitative estimate of drug-likeness (QED) is 0.725. The molecule has 0 saturated carbocycles. The van der Waals surface area contributed by atoms with Crippen molar-refractivity contribution in [1.29, 1.82) is 0 Å². The van der Waals surface area contributed by atoms with Gasteiger partial charge in [-0.1, -0.05) is 12.1 Å². The zero-order valence-corrected chi connectivity index (χ0v) is 14.9. The van der Waals surface area contributed by atoms with E-state index >= 15 is 0 Å². The van der Waals surface area contributed by atoms with Crippen LogP contribution in [0, 0.1) is 12.7 Å². The number of nitrogens with zero attached hydrogens (tertiary/aromatic N) is 3. The summed E-state index contributed by atoms with van der Waals surface area (Å²) in [5, 5.41) is 4.37. The van der Waals surface area contributed by atoms with E-state index in [4.69, 9.17) is 0 Å². The first-order valence-corrected chi connectivity index (χ1v) is 8.88. The highest BCUT2D eigenvalue weighted by Crippen LogP contribution is 2.26. The normalized spacial score (nSPS) is 14.5. The summed E-state index contributed by atoms with van der Waals surface area (Å²) in [5.41, 5.74) is 1.24. The Bertz CT molecular complexity index is 1160. The van der Waals surface area contributed by atoms with E-state index in [1.165, 1.54) is 12.3 Å². The molecular formula is C20H19FN4O2. The minimum atomic E-state index is -0.637. The van der Waals surface area contributed by atoms with Gasteiger partial charge in [0.1, 0.15) is 5.82 Å². The molecule has 1 aromatic heterocycles. The van der Waals surface area contributed by atoms with E-state index in [1.807, 2.05) is 11.8 Å². The fourth-order valence-electron chi connectivity index (χ4n) is 3.40. The lowest BCUT2D eigenvalue weighted by atomic mass is 10.1. The lowest BCUT2D eigenvalue weighted by Gasteiger charge is -2.19.